The lowest BCUT2D eigenvalue weighted by atomic mass is 10.2. The van der Waals surface area contributed by atoms with Crippen LogP contribution < -0.4 is 5.32 Å². The van der Waals surface area contributed by atoms with Gasteiger partial charge in [-0.2, -0.15) is 4.98 Å². The highest BCUT2D eigenvalue weighted by Crippen LogP contribution is 2.14. The molecule has 0 radical (unpaired) electrons. The fourth-order valence-corrected chi connectivity index (χ4v) is 2.48. The second-order valence-corrected chi connectivity index (χ2v) is 5.31. The topological polar surface area (TPSA) is 68.0 Å². The van der Waals surface area contributed by atoms with Crippen LogP contribution >= 0.6 is 11.3 Å². The van der Waals surface area contributed by atoms with Crippen LogP contribution in [0, 0.1) is 0 Å². The fraction of sp³-hybridized carbons (Fsp3) is 0.133. The van der Waals surface area contributed by atoms with E-state index in [-0.39, 0.29) is 5.91 Å². The van der Waals surface area contributed by atoms with Gasteiger partial charge in [-0.3, -0.25) is 4.79 Å². The zero-order valence-corrected chi connectivity index (χ0v) is 12.0. The lowest BCUT2D eigenvalue weighted by Gasteiger charge is -2.00. The molecule has 0 aliphatic rings. The number of hydrogen-bond donors (Lipinski definition) is 1. The first-order valence-electron chi connectivity index (χ1n) is 6.52. The predicted molar refractivity (Wildman–Crippen MR) is 80.1 cm³/mol. The van der Waals surface area contributed by atoms with Crippen LogP contribution in [-0.4, -0.2) is 22.6 Å². The molecule has 6 heteroatoms. The summed E-state index contributed by atoms with van der Waals surface area (Å²) < 4.78 is 5.18. The predicted octanol–water partition coefficient (Wildman–Crippen LogP) is 2.77. The summed E-state index contributed by atoms with van der Waals surface area (Å²) >= 11 is 1.42. The van der Waals surface area contributed by atoms with Gasteiger partial charge in [0.25, 0.3) is 5.91 Å². The van der Waals surface area contributed by atoms with Crippen molar-refractivity contribution in [3.8, 4) is 11.4 Å². The standard InChI is InChI=1S/C15H13N3O2S/c19-15(12-7-4-10-21-12)16-9-8-13-17-14(18-20-13)11-5-2-1-3-6-11/h1-7,10H,8-9H2,(H,16,19). The molecule has 0 saturated heterocycles. The number of hydrogen-bond acceptors (Lipinski definition) is 5. The summed E-state index contributed by atoms with van der Waals surface area (Å²) in [5.74, 6) is 1.00. The SMILES string of the molecule is O=C(NCCc1nc(-c2ccccc2)no1)c1cccs1. The molecule has 2 aromatic heterocycles. The highest BCUT2D eigenvalue weighted by atomic mass is 32.1. The summed E-state index contributed by atoms with van der Waals surface area (Å²) in [5.41, 5.74) is 0.912. The van der Waals surface area contributed by atoms with Gasteiger partial charge in [-0.05, 0) is 11.4 Å². The maximum absolute atomic E-state index is 11.8. The van der Waals surface area contributed by atoms with Crippen molar-refractivity contribution in [2.45, 2.75) is 6.42 Å². The molecule has 3 rings (SSSR count). The molecule has 0 aliphatic carbocycles. The molecule has 1 N–H and O–H groups in total. The van der Waals surface area contributed by atoms with Crippen LogP contribution in [-0.2, 0) is 6.42 Å². The molecule has 0 spiro atoms. The van der Waals surface area contributed by atoms with Crippen LogP contribution in [0.25, 0.3) is 11.4 Å². The summed E-state index contributed by atoms with van der Waals surface area (Å²) in [5, 5.41) is 8.64. The Kier molecular flexibility index (Phi) is 4.07. The third-order valence-corrected chi connectivity index (χ3v) is 3.74. The second kappa shape index (κ2) is 6.32. The highest BCUT2D eigenvalue weighted by molar-refractivity contribution is 7.12. The minimum Gasteiger partial charge on any atom is -0.351 e. The van der Waals surface area contributed by atoms with E-state index in [9.17, 15) is 4.79 Å². The van der Waals surface area contributed by atoms with Gasteiger partial charge in [0.15, 0.2) is 0 Å². The third-order valence-electron chi connectivity index (χ3n) is 2.87. The summed E-state index contributed by atoms with van der Waals surface area (Å²) in [6, 6.07) is 13.3. The van der Waals surface area contributed by atoms with E-state index in [1.807, 2.05) is 41.8 Å². The Labute approximate surface area is 125 Å². The van der Waals surface area contributed by atoms with Crippen molar-refractivity contribution in [3.63, 3.8) is 0 Å². The molecule has 1 aromatic carbocycles. The van der Waals surface area contributed by atoms with E-state index < -0.39 is 0 Å². The van der Waals surface area contributed by atoms with Crippen molar-refractivity contribution in [2.24, 2.45) is 0 Å². The van der Waals surface area contributed by atoms with Gasteiger partial charge in [0.1, 0.15) is 0 Å². The summed E-state index contributed by atoms with van der Waals surface area (Å²) in [7, 11) is 0. The van der Waals surface area contributed by atoms with Crippen molar-refractivity contribution in [1.82, 2.24) is 15.5 Å². The second-order valence-electron chi connectivity index (χ2n) is 4.36. The van der Waals surface area contributed by atoms with Crippen molar-refractivity contribution < 1.29 is 9.32 Å². The number of carbonyl (C=O) groups is 1. The number of nitrogens with one attached hydrogen (secondary N) is 1. The molecule has 106 valence electrons. The number of benzene rings is 1. The van der Waals surface area contributed by atoms with Crippen LogP contribution in [0.15, 0.2) is 52.4 Å². The van der Waals surface area contributed by atoms with E-state index >= 15 is 0 Å². The maximum Gasteiger partial charge on any atom is 0.261 e. The van der Waals surface area contributed by atoms with Gasteiger partial charge in [-0.25, -0.2) is 0 Å². The van der Waals surface area contributed by atoms with Gasteiger partial charge in [-0.1, -0.05) is 41.6 Å². The van der Waals surface area contributed by atoms with Crippen LogP contribution in [0.5, 0.6) is 0 Å². The molecule has 0 unspecified atom stereocenters. The fourth-order valence-electron chi connectivity index (χ4n) is 1.84. The van der Waals surface area contributed by atoms with Crippen LogP contribution in [0.3, 0.4) is 0 Å². The van der Waals surface area contributed by atoms with Gasteiger partial charge in [0.05, 0.1) is 4.88 Å². The molecule has 2 heterocycles. The van der Waals surface area contributed by atoms with E-state index in [4.69, 9.17) is 4.52 Å². The van der Waals surface area contributed by atoms with Crippen molar-refractivity contribution in [2.75, 3.05) is 6.54 Å². The van der Waals surface area contributed by atoms with E-state index in [0.717, 1.165) is 5.56 Å². The first-order valence-corrected chi connectivity index (χ1v) is 7.40. The molecule has 0 aliphatic heterocycles. The number of rotatable bonds is 5. The van der Waals surface area contributed by atoms with Crippen molar-refractivity contribution >= 4 is 17.2 Å². The minimum absolute atomic E-state index is 0.0761. The Morgan fingerprint density at radius 1 is 1.19 bits per heavy atom. The summed E-state index contributed by atoms with van der Waals surface area (Å²) in [6.45, 7) is 0.465. The molecular weight excluding hydrogens is 286 g/mol. The Hall–Kier alpha value is -2.47. The van der Waals surface area contributed by atoms with E-state index in [1.54, 1.807) is 6.07 Å². The van der Waals surface area contributed by atoms with Gasteiger partial charge in [-0.15, -0.1) is 11.3 Å². The minimum atomic E-state index is -0.0761. The molecule has 21 heavy (non-hydrogen) atoms. The smallest absolute Gasteiger partial charge is 0.261 e. The average molecular weight is 299 g/mol. The first kappa shape index (κ1) is 13.5. The Morgan fingerprint density at radius 3 is 2.81 bits per heavy atom. The lowest BCUT2D eigenvalue weighted by Crippen LogP contribution is -2.24. The number of nitrogens with zero attached hydrogens (tertiary/aromatic N) is 2. The average Bonchev–Trinajstić information content (AvgIpc) is 3.20. The van der Waals surface area contributed by atoms with E-state index in [1.165, 1.54) is 11.3 Å². The van der Waals surface area contributed by atoms with Gasteiger partial charge < -0.3 is 9.84 Å². The third kappa shape index (κ3) is 3.35. The zero-order valence-electron chi connectivity index (χ0n) is 11.2. The van der Waals surface area contributed by atoms with Crippen molar-refractivity contribution in [1.29, 1.82) is 0 Å². The molecule has 0 bridgehead atoms. The van der Waals surface area contributed by atoms with Crippen LogP contribution in [0.1, 0.15) is 15.6 Å². The molecule has 3 aromatic rings. The number of carbonyl (C=O) groups excluding carboxylic acids is 1. The number of amides is 1. The Bertz CT molecular complexity index is 708. The van der Waals surface area contributed by atoms with Gasteiger partial charge >= 0.3 is 0 Å². The summed E-state index contributed by atoms with van der Waals surface area (Å²) in [6.07, 6.45) is 0.511. The molecule has 1 amide bonds. The quantitative estimate of drug-likeness (QED) is 0.786. The van der Waals surface area contributed by atoms with Crippen LogP contribution in [0.2, 0.25) is 0 Å². The zero-order chi connectivity index (χ0) is 14.5. The van der Waals surface area contributed by atoms with Crippen LogP contribution in [0.4, 0.5) is 0 Å². The van der Waals surface area contributed by atoms with Crippen molar-refractivity contribution in [3.05, 3.63) is 58.6 Å². The molecule has 0 saturated carbocycles. The largest absolute Gasteiger partial charge is 0.351 e. The van der Waals surface area contributed by atoms with Gasteiger partial charge in [0.2, 0.25) is 11.7 Å². The normalized spacial score (nSPS) is 10.5. The Balaban J connectivity index is 1.55. The molecular formula is C15H13N3O2S. The van der Waals surface area contributed by atoms with Gasteiger partial charge in [0, 0.05) is 18.5 Å². The molecule has 5 nitrogen and oxygen atoms in total. The van der Waals surface area contributed by atoms with E-state index in [0.29, 0.717) is 29.6 Å². The lowest BCUT2D eigenvalue weighted by molar-refractivity contribution is 0.0957. The Morgan fingerprint density at radius 2 is 2.05 bits per heavy atom. The summed E-state index contributed by atoms with van der Waals surface area (Å²) in [4.78, 5) is 16.8. The molecule has 0 fully saturated rings. The first-order chi connectivity index (χ1) is 10.3. The maximum atomic E-state index is 11.8. The number of thiophene rings is 1. The number of aromatic nitrogens is 2. The highest BCUT2D eigenvalue weighted by Gasteiger charge is 2.09. The molecule has 0 atom stereocenters. The monoisotopic (exact) mass is 299 g/mol. The van der Waals surface area contributed by atoms with E-state index in [2.05, 4.69) is 15.5 Å².